The molecule has 0 aliphatic carbocycles. The molecule has 0 atom stereocenters. The number of aromatic nitrogens is 1. The Hall–Kier alpha value is -2.87. The molecule has 1 aromatic carbocycles. The van der Waals surface area contributed by atoms with Crippen molar-refractivity contribution < 1.29 is 19.4 Å². The fourth-order valence-electron chi connectivity index (χ4n) is 3.17. The van der Waals surface area contributed by atoms with Crippen molar-refractivity contribution in [1.29, 1.82) is 0 Å². The number of nitrogen functional groups attached to an aromatic ring is 1. The number of amides is 1. The van der Waals surface area contributed by atoms with Crippen LogP contribution in [0, 0.1) is 6.92 Å². The first kappa shape index (κ1) is 22.4. The fourth-order valence-corrected chi connectivity index (χ4v) is 3.17. The molecule has 29 heavy (non-hydrogen) atoms. The first-order valence-electron chi connectivity index (χ1n) is 9.72. The van der Waals surface area contributed by atoms with Gasteiger partial charge in [0.15, 0.2) is 0 Å². The number of fused-ring (bicyclic) bond motifs is 1. The number of carbonyl (C=O) groups excluding carboxylic acids is 1. The van der Waals surface area contributed by atoms with Gasteiger partial charge in [-0.1, -0.05) is 12.5 Å². The van der Waals surface area contributed by atoms with Gasteiger partial charge in [-0.25, -0.2) is 4.79 Å². The summed E-state index contributed by atoms with van der Waals surface area (Å²) in [5.41, 5.74) is 12.0. The summed E-state index contributed by atoms with van der Waals surface area (Å²) in [6.07, 6.45) is 3.07. The Morgan fingerprint density at radius 2 is 1.97 bits per heavy atom. The summed E-state index contributed by atoms with van der Waals surface area (Å²) in [6.45, 7) is 6.16. The molecule has 8 heteroatoms. The van der Waals surface area contributed by atoms with Gasteiger partial charge >= 0.3 is 5.97 Å². The molecule has 2 rings (SSSR count). The summed E-state index contributed by atoms with van der Waals surface area (Å²) in [5.74, 6) is -0.745. The summed E-state index contributed by atoms with van der Waals surface area (Å²) < 4.78 is 5.94. The topological polar surface area (TPSA) is 141 Å². The molecule has 0 radical (unpaired) electrons. The Bertz CT molecular complexity index is 896. The maximum Gasteiger partial charge on any atom is 0.339 e. The van der Waals surface area contributed by atoms with Crippen molar-refractivity contribution in [3.63, 3.8) is 0 Å². The summed E-state index contributed by atoms with van der Waals surface area (Å²) in [5, 5.41) is 12.9. The number of pyridine rings is 1. The second-order valence-corrected chi connectivity index (χ2v) is 7.76. The van der Waals surface area contributed by atoms with Crippen LogP contribution in [-0.2, 0) is 4.79 Å². The number of hydrogen-bond acceptors (Lipinski definition) is 6. The zero-order chi connectivity index (χ0) is 21.6. The number of carbonyl (C=O) groups is 2. The van der Waals surface area contributed by atoms with Crippen molar-refractivity contribution in [2.75, 3.05) is 18.9 Å². The van der Waals surface area contributed by atoms with E-state index in [1.54, 1.807) is 25.1 Å². The van der Waals surface area contributed by atoms with Crippen molar-refractivity contribution >= 4 is 28.5 Å². The first-order chi connectivity index (χ1) is 13.7. The molecule has 0 aliphatic heterocycles. The van der Waals surface area contributed by atoms with E-state index in [1.165, 1.54) is 0 Å². The number of carboxylic acid groups (broad SMARTS) is 1. The number of rotatable bonds is 10. The molecule has 2 aromatic rings. The molecule has 158 valence electrons. The fraction of sp³-hybridized carbons (Fsp3) is 0.476. The lowest BCUT2D eigenvalue weighted by Crippen LogP contribution is -2.47. The van der Waals surface area contributed by atoms with E-state index >= 15 is 0 Å². The molecule has 0 saturated carbocycles. The number of carboxylic acids is 1. The van der Waals surface area contributed by atoms with Crippen LogP contribution in [-0.4, -0.2) is 40.7 Å². The van der Waals surface area contributed by atoms with Crippen molar-refractivity contribution in [2.24, 2.45) is 5.73 Å². The van der Waals surface area contributed by atoms with Crippen molar-refractivity contribution in [3.05, 3.63) is 29.5 Å². The van der Waals surface area contributed by atoms with Gasteiger partial charge in [0, 0.05) is 6.42 Å². The molecule has 0 bridgehead atoms. The predicted octanol–water partition coefficient (Wildman–Crippen LogP) is 2.62. The van der Waals surface area contributed by atoms with Gasteiger partial charge in [0.1, 0.15) is 17.9 Å². The maximum atomic E-state index is 12.2. The average Bonchev–Trinajstić information content (AvgIpc) is 2.62. The second kappa shape index (κ2) is 9.56. The number of nitrogens with one attached hydrogen (secondary N) is 1. The largest absolute Gasteiger partial charge is 0.490 e. The summed E-state index contributed by atoms with van der Waals surface area (Å²) >= 11 is 0. The lowest BCUT2D eigenvalue weighted by molar-refractivity contribution is -0.123. The average molecular weight is 402 g/mol. The number of nitrogens with two attached hydrogens (primary N) is 2. The monoisotopic (exact) mass is 402 g/mol. The van der Waals surface area contributed by atoms with Crippen LogP contribution < -0.4 is 21.5 Å². The Balaban J connectivity index is 2.14. The van der Waals surface area contributed by atoms with Crippen LogP contribution >= 0.6 is 0 Å². The van der Waals surface area contributed by atoms with Gasteiger partial charge in [0.05, 0.1) is 27.8 Å². The molecular weight excluding hydrogens is 372 g/mol. The van der Waals surface area contributed by atoms with Crippen molar-refractivity contribution in [2.45, 2.75) is 52.0 Å². The van der Waals surface area contributed by atoms with Crippen molar-refractivity contribution in [3.8, 4) is 5.75 Å². The molecule has 1 heterocycles. The minimum absolute atomic E-state index is 0.0291. The normalized spacial score (nSPS) is 11.4. The first-order valence-corrected chi connectivity index (χ1v) is 9.72. The zero-order valence-corrected chi connectivity index (χ0v) is 17.2. The predicted molar refractivity (Wildman–Crippen MR) is 113 cm³/mol. The second-order valence-electron chi connectivity index (χ2n) is 7.76. The quantitative estimate of drug-likeness (QED) is 0.448. The summed E-state index contributed by atoms with van der Waals surface area (Å²) in [6, 6.07) is 5.24. The highest BCUT2D eigenvalue weighted by molar-refractivity contribution is 6.06. The van der Waals surface area contributed by atoms with E-state index in [9.17, 15) is 14.7 Å². The number of ether oxygens (including phenoxy) is 1. The molecule has 0 spiro atoms. The lowest BCUT2D eigenvalue weighted by atomic mass is 10.0. The Morgan fingerprint density at radius 3 is 2.62 bits per heavy atom. The smallest absolute Gasteiger partial charge is 0.339 e. The van der Waals surface area contributed by atoms with Gasteiger partial charge in [0.2, 0.25) is 5.91 Å². The third-order valence-corrected chi connectivity index (χ3v) is 4.58. The van der Waals surface area contributed by atoms with Crippen LogP contribution in [0.2, 0.25) is 0 Å². The van der Waals surface area contributed by atoms with Gasteiger partial charge < -0.3 is 26.6 Å². The lowest BCUT2D eigenvalue weighted by Gasteiger charge is -2.27. The number of benzene rings is 1. The van der Waals surface area contributed by atoms with E-state index in [2.05, 4.69) is 10.3 Å². The number of unbranched alkanes of at least 4 members (excludes halogenated alkanes) is 2. The highest BCUT2D eigenvalue weighted by Crippen LogP contribution is 2.33. The summed E-state index contributed by atoms with van der Waals surface area (Å²) in [4.78, 5) is 28.1. The van der Waals surface area contributed by atoms with Gasteiger partial charge in [-0.3, -0.25) is 9.78 Å². The van der Waals surface area contributed by atoms with Gasteiger partial charge in [-0.05, 0) is 52.3 Å². The van der Waals surface area contributed by atoms with Crippen LogP contribution in [0.1, 0.15) is 55.6 Å². The molecular formula is C21H30N4O4. The SMILES string of the molecule is Cc1nc2cccc(OCC(C)(C)NC(=O)CCCCCN)c2c(N)c1C(=O)O. The molecule has 0 fully saturated rings. The zero-order valence-electron chi connectivity index (χ0n) is 17.2. The van der Waals surface area contributed by atoms with Crippen LogP contribution in [0.3, 0.4) is 0 Å². The molecule has 0 aliphatic rings. The third-order valence-electron chi connectivity index (χ3n) is 4.58. The van der Waals surface area contributed by atoms with Crippen LogP contribution in [0.15, 0.2) is 18.2 Å². The molecule has 8 nitrogen and oxygen atoms in total. The Kier molecular flexibility index (Phi) is 7.39. The minimum atomic E-state index is -1.13. The molecule has 1 aromatic heterocycles. The van der Waals surface area contributed by atoms with Crippen molar-refractivity contribution in [1.82, 2.24) is 10.3 Å². The highest BCUT2D eigenvalue weighted by atomic mass is 16.5. The van der Waals surface area contributed by atoms with E-state index in [0.717, 1.165) is 19.3 Å². The van der Waals surface area contributed by atoms with Crippen LogP contribution in [0.5, 0.6) is 5.75 Å². The van der Waals surface area contributed by atoms with E-state index < -0.39 is 11.5 Å². The summed E-state index contributed by atoms with van der Waals surface area (Å²) in [7, 11) is 0. The maximum absolute atomic E-state index is 12.2. The van der Waals surface area contributed by atoms with Gasteiger partial charge in [0.25, 0.3) is 0 Å². The Labute approximate surface area is 170 Å². The number of aromatic carboxylic acids is 1. The standard InChI is InChI=1S/C21H30N4O4/c1-13-17(20(27)28)19(23)18-14(24-13)8-7-9-15(18)29-12-21(2,3)25-16(26)10-5-4-6-11-22/h7-9H,4-6,10-12,22H2,1-3H3,(H2,23,24)(H,25,26)(H,27,28). The molecule has 0 saturated heterocycles. The van der Waals surface area contributed by atoms with Crippen LogP contribution in [0.25, 0.3) is 10.9 Å². The highest BCUT2D eigenvalue weighted by Gasteiger charge is 2.23. The van der Waals surface area contributed by atoms with E-state index in [-0.39, 0.29) is 23.8 Å². The Morgan fingerprint density at radius 1 is 1.24 bits per heavy atom. The number of anilines is 1. The third kappa shape index (κ3) is 5.80. The minimum Gasteiger partial charge on any atom is -0.490 e. The van der Waals surface area contributed by atoms with Crippen LogP contribution in [0.4, 0.5) is 5.69 Å². The number of nitrogens with zero attached hydrogens (tertiary/aromatic N) is 1. The molecule has 6 N–H and O–H groups in total. The number of aryl methyl sites for hydroxylation is 1. The van der Waals surface area contributed by atoms with E-state index in [1.807, 2.05) is 13.8 Å². The van der Waals surface area contributed by atoms with E-state index in [4.69, 9.17) is 16.2 Å². The number of hydrogen-bond donors (Lipinski definition) is 4. The van der Waals surface area contributed by atoms with Gasteiger partial charge in [-0.2, -0.15) is 0 Å². The molecule has 0 unspecified atom stereocenters. The molecule has 1 amide bonds. The van der Waals surface area contributed by atoms with E-state index in [0.29, 0.717) is 35.3 Å². The van der Waals surface area contributed by atoms with Gasteiger partial charge in [-0.15, -0.1) is 0 Å².